The maximum atomic E-state index is 4.52. The molecule has 0 saturated heterocycles. The number of hydrogen-bond donors (Lipinski definition) is 0. The Morgan fingerprint density at radius 1 is 0.457 bits per heavy atom. The molecule has 6 aromatic carbocycles. The zero-order valence-corrected chi connectivity index (χ0v) is 29.0. The molecule has 8 rings (SSSR count). The predicted octanol–water partition coefficient (Wildman–Crippen LogP) is 11.3. The Morgan fingerprint density at radius 2 is 0.978 bits per heavy atom. The van der Waals surface area contributed by atoms with Gasteiger partial charge in [-0.3, -0.25) is 0 Å². The summed E-state index contributed by atoms with van der Waals surface area (Å²) in [4.78, 5) is 9.24. The van der Waals surface area contributed by atoms with Crippen molar-refractivity contribution in [2.24, 2.45) is 0 Å². The van der Waals surface area contributed by atoms with E-state index in [4.69, 9.17) is 0 Å². The van der Waals surface area contributed by atoms with Crippen molar-refractivity contribution in [3.63, 3.8) is 0 Å². The first-order valence-corrected chi connectivity index (χ1v) is 15.6. The molecule has 1 aliphatic rings. The Kier molecular flexibility index (Phi) is 8.93. The summed E-state index contributed by atoms with van der Waals surface area (Å²) in [5.41, 5.74) is 16.0. The quantitative estimate of drug-likeness (QED) is 0.132. The molecule has 0 unspecified atom stereocenters. The van der Waals surface area contributed by atoms with Gasteiger partial charge in [-0.1, -0.05) is 121 Å². The second kappa shape index (κ2) is 13.1. The van der Waals surface area contributed by atoms with E-state index in [1.807, 2.05) is 12.1 Å². The minimum Gasteiger partial charge on any atom is -0.657 e. The minimum absolute atomic E-state index is 0. The van der Waals surface area contributed by atoms with Crippen LogP contribution in [0.15, 0.2) is 127 Å². The first-order chi connectivity index (χ1) is 21.9. The molecule has 0 saturated carbocycles. The molecule has 4 heteroatoms. The first kappa shape index (κ1) is 31.4. The SMILES string of the molecule is Cc1cc(C)c(N2[CH-]N(c3c(C)cccc3C)c3cc(-c4ccccc4)ccc32)c(C)c1.[Au].c1ccc2c(c1)[n-]c1ccccc12. The number of fused-ring (bicyclic) bond motifs is 4. The van der Waals surface area contributed by atoms with Crippen LogP contribution in [0.4, 0.5) is 22.7 Å². The summed E-state index contributed by atoms with van der Waals surface area (Å²) in [6.07, 6.45) is 0. The molecule has 0 atom stereocenters. The summed E-state index contributed by atoms with van der Waals surface area (Å²) in [7, 11) is 0. The molecule has 0 spiro atoms. The van der Waals surface area contributed by atoms with Gasteiger partial charge < -0.3 is 14.8 Å². The van der Waals surface area contributed by atoms with Gasteiger partial charge in [0.1, 0.15) is 0 Å². The van der Waals surface area contributed by atoms with Crippen LogP contribution < -0.4 is 14.8 Å². The van der Waals surface area contributed by atoms with Crippen molar-refractivity contribution < 1.29 is 22.4 Å². The molecule has 46 heavy (non-hydrogen) atoms. The molecule has 1 aliphatic heterocycles. The normalized spacial score (nSPS) is 12.1. The Bertz CT molecular complexity index is 2070. The number of aryl methyl sites for hydroxylation is 5. The molecule has 0 fully saturated rings. The average molecular weight is 781 g/mol. The van der Waals surface area contributed by atoms with Crippen molar-refractivity contribution in [2.45, 2.75) is 34.6 Å². The smallest absolute Gasteiger partial charge is 0.0351 e. The Balaban J connectivity index is 0.000000220. The van der Waals surface area contributed by atoms with Gasteiger partial charge in [0.25, 0.3) is 0 Å². The fourth-order valence-electron chi connectivity index (χ4n) is 6.79. The van der Waals surface area contributed by atoms with Crippen LogP contribution in [0.1, 0.15) is 27.8 Å². The maximum absolute atomic E-state index is 4.52. The van der Waals surface area contributed by atoms with Crippen LogP contribution in [0.2, 0.25) is 0 Å². The van der Waals surface area contributed by atoms with E-state index in [0.29, 0.717) is 0 Å². The zero-order chi connectivity index (χ0) is 31.1. The van der Waals surface area contributed by atoms with Gasteiger partial charge in [-0.25, -0.2) is 0 Å². The van der Waals surface area contributed by atoms with Crippen molar-refractivity contribution in [3.05, 3.63) is 162 Å². The largest absolute Gasteiger partial charge is 0.657 e. The van der Waals surface area contributed by atoms with Crippen LogP contribution in [-0.2, 0) is 22.4 Å². The number of aromatic nitrogens is 1. The molecule has 7 aromatic rings. The van der Waals surface area contributed by atoms with Crippen LogP contribution in [0.5, 0.6) is 0 Å². The van der Waals surface area contributed by atoms with Gasteiger partial charge in [0, 0.05) is 45.1 Å². The minimum atomic E-state index is 0. The van der Waals surface area contributed by atoms with Crippen molar-refractivity contribution >= 4 is 44.6 Å². The van der Waals surface area contributed by atoms with E-state index in [1.54, 1.807) is 0 Å². The van der Waals surface area contributed by atoms with Crippen LogP contribution in [-0.4, -0.2) is 0 Å². The molecule has 0 aliphatic carbocycles. The van der Waals surface area contributed by atoms with Crippen LogP contribution in [0, 0.1) is 41.3 Å². The molecule has 1 aromatic heterocycles. The first-order valence-electron chi connectivity index (χ1n) is 15.6. The van der Waals surface area contributed by atoms with E-state index in [2.05, 4.69) is 171 Å². The summed E-state index contributed by atoms with van der Waals surface area (Å²) in [6, 6.07) is 45.0. The third-order valence-electron chi connectivity index (χ3n) is 8.73. The van der Waals surface area contributed by atoms with Crippen LogP contribution in [0.3, 0.4) is 0 Å². The van der Waals surface area contributed by atoms with Gasteiger partial charge in [-0.2, -0.15) is 0 Å². The summed E-state index contributed by atoms with van der Waals surface area (Å²) >= 11 is 0. The molecule has 233 valence electrons. The van der Waals surface area contributed by atoms with E-state index in [-0.39, 0.29) is 22.4 Å². The number of hydrogen-bond acceptors (Lipinski definition) is 2. The van der Waals surface area contributed by atoms with Crippen LogP contribution >= 0.6 is 0 Å². The third kappa shape index (κ3) is 5.78. The molecular weight excluding hydrogens is 743 g/mol. The molecule has 0 bridgehead atoms. The summed E-state index contributed by atoms with van der Waals surface area (Å²) in [5, 5.41) is 2.50. The average Bonchev–Trinajstić information content (AvgIpc) is 3.60. The van der Waals surface area contributed by atoms with Crippen LogP contribution in [0.25, 0.3) is 32.9 Å². The topological polar surface area (TPSA) is 20.6 Å². The number of para-hydroxylation sites is 3. The number of anilines is 4. The second-order valence-electron chi connectivity index (χ2n) is 12.1. The fraction of sp³-hybridized carbons (Fsp3) is 0.119. The monoisotopic (exact) mass is 780 g/mol. The predicted molar refractivity (Wildman–Crippen MR) is 192 cm³/mol. The number of benzene rings is 6. The molecular formula is C42H37AuN3-2. The molecule has 3 nitrogen and oxygen atoms in total. The van der Waals surface area contributed by atoms with E-state index in [0.717, 1.165) is 11.0 Å². The Morgan fingerprint density at radius 3 is 1.59 bits per heavy atom. The van der Waals surface area contributed by atoms with Gasteiger partial charge in [0.05, 0.1) is 0 Å². The van der Waals surface area contributed by atoms with E-state index in [9.17, 15) is 0 Å². The third-order valence-corrected chi connectivity index (χ3v) is 8.73. The van der Waals surface area contributed by atoms with E-state index < -0.39 is 0 Å². The summed E-state index contributed by atoms with van der Waals surface area (Å²) < 4.78 is 0. The summed E-state index contributed by atoms with van der Waals surface area (Å²) in [5.74, 6) is 0. The standard InChI is InChI=1S/C30H29N2.C12H8N.Au/c1-20-16-23(4)30(24(5)17-20)31-19-32(29-21(2)10-9-11-22(29)3)28-18-26(14-15-27(28)31)25-12-7-6-8-13-25;1-3-7-11-9(5-1)10-6-2-4-8-12(10)13-11;/h6-19H,1-5H3;1-8H;/q2*-1;. The molecule has 0 N–H and O–H groups in total. The molecule has 2 heterocycles. The Labute approximate surface area is 288 Å². The van der Waals surface area contributed by atoms with Gasteiger partial charge in [-0.05, 0) is 90.9 Å². The van der Waals surface area contributed by atoms with Crippen molar-refractivity contribution in [2.75, 3.05) is 9.80 Å². The number of nitrogens with zero attached hydrogens (tertiary/aromatic N) is 3. The van der Waals surface area contributed by atoms with E-state index >= 15 is 0 Å². The second-order valence-corrected chi connectivity index (χ2v) is 12.1. The van der Waals surface area contributed by atoms with Crippen molar-refractivity contribution in [1.82, 2.24) is 4.98 Å². The van der Waals surface area contributed by atoms with Gasteiger partial charge >= 0.3 is 0 Å². The van der Waals surface area contributed by atoms with Gasteiger partial charge in [0.2, 0.25) is 0 Å². The Hall–Kier alpha value is -4.54. The van der Waals surface area contributed by atoms with E-state index in [1.165, 1.54) is 72.5 Å². The molecule has 0 amide bonds. The van der Waals surface area contributed by atoms with Crippen molar-refractivity contribution in [1.29, 1.82) is 0 Å². The maximum Gasteiger partial charge on any atom is 0.0351 e. The van der Waals surface area contributed by atoms with Gasteiger partial charge in [0.15, 0.2) is 0 Å². The van der Waals surface area contributed by atoms with Gasteiger partial charge in [-0.15, -0.1) is 17.7 Å². The van der Waals surface area contributed by atoms with Crippen molar-refractivity contribution in [3.8, 4) is 11.1 Å². The fourth-order valence-corrected chi connectivity index (χ4v) is 6.79. The molecule has 1 radical (unpaired) electrons. The number of rotatable bonds is 3. The summed E-state index contributed by atoms with van der Waals surface area (Å²) in [6.45, 7) is 13.2. The zero-order valence-electron chi connectivity index (χ0n) is 26.8.